The number of carbonyl (C=O) groups excluding carboxylic acids is 1. The first-order chi connectivity index (χ1) is 7.02. The van der Waals surface area contributed by atoms with Gasteiger partial charge in [0.05, 0.1) is 5.92 Å². The van der Waals surface area contributed by atoms with Crippen LogP contribution in [0.3, 0.4) is 0 Å². The van der Waals surface area contributed by atoms with Crippen LogP contribution in [0.15, 0.2) is 0 Å². The maximum absolute atomic E-state index is 12.5. The predicted octanol–water partition coefficient (Wildman–Crippen LogP) is 3.19. The highest BCUT2D eigenvalue weighted by atomic mass is 19.4. The van der Waals surface area contributed by atoms with Crippen molar-refractivity contribution in [3.05, 3.63) is 0 Å². The summed E-state index contributed by atoms with van der Waals surface area (Å²) in [7, 11) is 0. The van der Waals surface area contributed by atoms with Gasteiger partial charge >= 0.3 is 6.18 Å². The first-order valence-electron chi connectivity index (χ1n) is 5.54. The zero-order chi connectivity index (χ0) is 11.1. The second-order valence-electron chi connectivity index (χ2n) is 4.86. The van der Waals surface area contributed by atoms with Crippen LogP contribution in [0.4, 0.5) is 13.2 Å². The van der Waals surface area contributed by atoms with E-state index in [1.165, 1.54) is 0 Å². The van der Waals surface area contributed by atoms with Gasteiger partial charge in [-0.05, 0) is 31.1 Å². The molecule has 1 nitrogen and oxygen atoms in total. The highest BCUT2D eigenvalue weighted by Gasteiger charge is 2.48. The number of hydrogen-bond donors (Lipinski definition) is 0. The maximum atomic E-state index is 12.5. The summed E-state index contributed by atoms with van der Waals surface area (Å²) in [6.07, 6.45) is -0.250. The highest BCUT2D eigenvalue weighted by molar-refractivity contribution is 5.58. The number of rotatable bonds is 2. The fraction of sp³-hybridized carbons (Fsp3) is 0.909. The zero-order valence-electron chi connectivity index (χ0n) is 8.46. The molecular formula is C11H15F3O. The monoisotopic (exact) mass is 220 g/mol. The molecule has 4 atom stereocenters. The molecule has 0 N–H and O–H groups in total. The fourth-order valence-electron chi connectivity index (χ4n) is 2.85. The molecule has 86 valence electrons. The van der Waals surface area contributed by atoms with E-state index in [2.05, 4.69) is 0 Å². The summed E-state index contributed by atoms with van der Waals surface area (Å²) in [5.41, 5.74) is 0. The molecule has 0 amide bonds. The van der Waals surface area contributed by atoms with E-state index >= 15 is 0 Å². The minimum Gasteiger partial charge on any atom is -0.303 e. The van der Waals surface area contributed by atoms with Crippen LogP contribution in [0.25, 0.3) is 0 Å². The lowest BCUT2D eigenvalue weighted by Gasteiger charge is -2.30. The fourth-order valence-corrected chi connectivity index (χ4v) is 2.85. The first kappa shape index (κ1) is 11.0. The number of hydrogen-bond acceptors (Lipinski definition) is 1. The summed E-state index contributed by atoms with van der Waals surface area (Å²) in [4.78, 5) is 10.5. The zero-order valence-corrected chi connectivity index (χ0v) is 8.46. The van der Waals surface area contributed by atoms with Gasteiger partial charge < -0.3 is 4.79 Å². The van der Waals surface area contributed by atoms with Crippen molar-refractivity contribution in [2.75, 3.05) is 0 Å². The molecule has 0 unspecified atom stereocenters. The number of aldehydes is 1. The standard InChI is InChI=1S/C11H15F3O/c12-11(13,14)9-3-1-2-7(4-9)10-5-8(10)6-15/h6-10H,1-5H2/t7-,8-,9-,10+/m0/s1. The quantitative estimate of drug-likeness (QED) is 0.653. The SMILES string of the molecule is O=C[C@@H]1C[C@@H]1[C@H]1CCC[C@H](C(F)(F)F)C1. The molecule has 2 saturated carbocycles. The lowest BCUT2D eigenvalue weighted by Crippen LogP contribution is -2.29. The van der Waals surface area contributed by atoms with Crippen LogP contribution < -0.4 is 0 Å². The van der Waals surface area contributed by atoms with E-state index in [1.54, 1.807) is 0 Å². The van der Waals surface area contributed by atoms with E-state index in [-0.39, 0.29) is 30.6 Å². The topological polar surface area (TPSA) is 17.1 Å². The van der Waals surface area contributed by atoms with E-state index < -0.39 is 12.1 Å². The van der Waals surface area contributed by atoms with Gasteiger partial charge in [0.2, 0.25) is 0 Å². The van der Waals surface area contributed by atoms with Crippen molar-refractivity contribution in [3.63, 3.8) is 0 Å². The summed E-state index contributed by atoms with van der Waals surface area (Å²) in [5, 5.41) is 0. The Hall–Kier alpha value is -0.540. The largest absolute Gasteiger partial charge is 0.391 e. The van der Waals surface area contributed by atoms with Crippen LogP contribution in [0.5, 0.6) is 0 Å². The van der Waals surface area contributed by atoms with E-state index in [0.29, 0.717) is 6.42 Å². The average molecular weight is 220 g/mol. The molecule has 0 aliphatic heterocycles. The Morgan fingerprint density at radius 2 is 1.87 bits per heavy atom. The third-order valence-electron chi connectivity index (χ3n) is 3.85. The van der Waals surface area contributed by atoms with Crippen LogP contribution in [0.1, 0.15) is 32.1 Å². The predicted molar refractivity (Wildman–Crippen MR) is 49.2 cm³/mol. The van der Waals surface area contributed by atoms with Gasteiger partial charge in [-0.25, -0.2) is 0 Å². The molecule has 15 heavy (non-hydrogen) atoms. The van der Waals surface area contributed by atoms with Gasteiger partial charge in [-0.15, -0.1) is 0 Å². The molecule has 2 aliphatic carbocycles. The maximum Gasteiger partial charge on any atom is 0.391 e. The Morgan fingerprint density at radius 3 is 2.40 bits per heavy atom. The lowest BCUT2D eigenvalue weighted by atomic mass is 9.78. The van der Waals surface area contributed by atoms with Crippen LogP contribution >= 0.6 is 0 Å². The normalized spacial score (nSPS) is 41.3. The van der Waals surface area contributed by atoms with Crippen LogP contribution in [-0.4, -0.2) is 12.5 Å². The van der Waals surface area contributed by atoms with Crippen molar-refractivity contribution < 1.29 is 18.0 Å². The molecule has 4 heteroatoms. The lowest BCUT2D eigenvalue weighted by molar-refractivity contribution is -0.186. The Morgan fingerprint density at radius 1 is 1.13 bits per heavy atom. The van der Waals surface area contributed by atoms with Crippen molar-refractivity contribution in [3.8, 4) is 0 Å². The third kappa shape index (κ3) is 2.34. The van der Waals surface area contributed by atoms with E-state index in [9.17, 15) is 18.0 Å². The van der Waals surface area contributed by atoms with Crippen LogP contribution in [0.2, 0.25) is 0 Å². The van der Waals surface area contributed by atoms with E-state index in [1.807, 2.05) is 0 Å². The molecule has 0 aromatic rings. The average Bonchev–Trinajstić information content (AvgIpc) is 2.95. The summed E-state index contributed by atoms with van der Waals surface area (Å²) in [5.74, 6) is -0.667. The molecule has 0 aromatic heterocycles. The number of carbonyl (C=O) groups is 1. The molecule has 0 bridgehead atoms. The minimum absolute atomic E-state index is 0.0574. The molecule has 0 radical (unpaired) electrons. The van der Waals surface area contributed by atoms with E-state index in [0.717, 1.165) is 19.1 Å². The summed E-state index contributed by atoms with van der Waals surface area (Å²) >= 11 is 0. The molecule has 2 fully saturated rings. The Labute approximate surface area is 87.0 Å². The van der Waals surface area contributed by atoms with Gasteiger partial charge in [0.15, 0.2) is 0 Å². The molecular weight excluding hydrogens is 205 g/mol. The van der Waals surface area contributed by atoms with Gasteiger partial charge in [0.25, 0.3) is 0 Å². The van der Waals surface area contributed by atoms with Crippen LogP contribution in [0, 0.1) is 23.7 Å². The Balaban J connectivity index is 1.91. The Bertz CT molecular complexity index is 249. The molecule has 0 heterocycles. The van der Waals surface area contributed by atoms with Gasteiger partial charge in [0.1, 0.15) is 6.29 Å². The highest BCUT2D eigenvalue weighted by Crippen LogP contribution is 2.51. The third-order valence-corrected chi connectivity index (χ3v) is 3.85. The van der Waals surface area contributed by atoms with Gasteiger partial charge in [-0.1, -0.05) is 12.8 Å². The minimum atomic E-state index is -4.04. The van der Waals surface area contributed by atoms with Crippen molar-refractivity contribution in [2.45, 2.75) is 38.3 Å². The molecule has 0 spiro atoms. The molecule has 2 aliphatic rings. The van der Waals surface area contributed by atoms with Gasteiger partial charge in [0, 0.05) is 5.92 Å². The smallest absolute Gasteiger partial charge is 0.303 e. The van der Waals surface area contributed by atoms with Crippen molar-refractivity contribution in [1.82, 2.24) is 0 Å². The summed E-state index contributed by atoms with van der Waals surface area (Å²) in [6, 6.07) is 0. The number of alkyl halides is 3. The number of halogens is 3. The first-order valence-corrected chi connectivity index (χ1v) is 5.54. The Kier molecular flexibility index (Phi) is 2.77. The molecule has 2 rings (SSSR count). The van der Waals surface area contributed by atoms with Crippen molar-refractivity contribution in [1.29, 1.82) is 0 Å². The molecule has 0 aromatic carbocycles. The van der Waals surface area contributed by atoms with Crippen LogP contribution in [-0.2, 0) is 4.79 Å². The summed E-state index contributed by atoms with van der Waals surface area (Å²) in [6.45, 7) is 0. The summed E-state index contributed by atoms with van der Waals surface area (Å²) < 4.78 is 37.5. The van der Waals surface area contributed by atoms with Gasteiger partial charge in [-0.3, -0.25) is 0 Å². The molecule has 0 saturated heterocycles. The van der Waals surface area contributed by atoms with Crippen molar-refractivity contribution >= 4 is 6.29 Å². The van der Waals surface area contributed by atoms with E-state index in [4.69, 9.17) is 0 Å². The van der Waals surface area contributed by atoms with Crippen molar-refractivity contribution in [2.24, 2.45) is 23.7 Å². The second-order valence-corrected chi connectivity index (χ2v) is 4.86. The second kappa shape index (κ2) is 3.80. The van der Waals surface area contributed by atoms with Gasteiger partial charge in [-0.2, -0.15) is 13.2 Å².